The Balaban J connectivity index is 3.62. The molecule has 13 heavy (non-hydrogen) atoms. The summed E-state index contributed by atoms with van der Waals surface area (Å²) >= 11 is 0. The predicted molar refractivity (Wildman–Crippen MR) is 42.5 cm³/mol. The number of hydrogen-bond donors (Lipinski definition) is 2. The third-order valence-corrected chi connectivity index (χ3v) is 1.39. The molecule has 3 N–H and O–H groups in total. The molecule has 1 amide bonds. The average molecular weight is 186 g/mol. The second kappa shape index (κ2) is 5.91. The molecule has 0 aromatic carbocycles. The van der Waals surface area contributed by atoms with Crippen molar-refractivity contribution < 1.29 is 9.90 Å². The highest BCUT2D eigenvalue weighted by Crippen LogP contribution is 1.98. The van der Waals surface area contributed by atoms with Crippen LogP contribution in [0.4, 0.5) is 0 Å². The lowest BCUT2D eigenvalue weighted by atomic mass is 10.2. The van der Waals surface area contributed by atoms with Gasteiger partial charge in [0.25, 0.3) is 0 Å². The summed E-state index contributed by atoms with van der Waals surface area (Å²) in [4.78, 5) is 20.2. The Morgan fingerprint density at radius 3 is 2.77 bits per heavy atom. The van der Waals surface area contributed by atoms with Gasteiger partial charge in [0, 0.05) is 0 Å². The quantitative estimate of drug-likeness (QED) is 0.240. The zero-order chi connectivity index (χ0) is 10.3. The van der Waals surface area contributed by atoms with Crippen LogP contribution < -0.4 is 5.73 Å². The second-order valence-corrected chi connectivity index (χ2v) is 2.37. The highest BCUT2D eigenvalue weighted by Gasteiger charge is 2.10. The summed E-state index contributed by atoms with van der Waals surface area (Å²) in [7, 11) is 0. The van der Waals surface area contributed by atoms with Crippen molar-refractivity contribution in [2.24, 2.45) is 11.0 Å². The number of aliphatic hydroxyl groups excluding tert-OH is 1. The monoisotopic (exact) mass is 186 g/mol. The Labute approximate surface area is 74.7 Å². The van der Waals surface area contributed by atoms with Gasteiger partial charge in [-0.15, -0.1) is 4.91 Å². The van der Waals surface area contributed by atoms with Crippen molar-refractivity contribution in [3.8, 4) is 6.19 Å². The molecule has 0 saturated heterocycles. The van der Waals surface area contributed by atoms with Crippen molar-refractivity contribution in [1.29, 1.82) is 5.26 Å². The summed E-state index contributed by atoms with van der Waals surface area (Å²) < 4.78 is 0. The third-order valence-electron chi connectivity index (χ3n) is 1.39. The topological polar surface area (TPSA) is 120 Å². The first-order valence-electron chi connectivity index (χ1n) is 3.59. The average Bonchev–Trinajstić information content (AvgIpc) is 2.12. The molecule has 0 bridgehead atoms. The fourth-order valence-electron chi connectivity index (χ4n) is 0.686. The summed E-state index contributed by atoms with van der Waals surface area (Å²) in [6.07, 6.45) is 0.691. The molecule has 1 unspecified atom stereocenters. The molecule has 0 heterocycles. The van der Waals surface area contributed by atoms with Gasteiger partial charge >= 0.3 is 0 Å². The first-order valence-corrected chi connectivity index (χ1v) is 3.59. The number of primary amides is 1. The van der Waals surface area contributed by atoms with Crippen LogP contribution in [0.3, 0.4) is 0 Å². The predicted octanol–water partition coefficient (Wildman–Crippen LogP) is -0.923. The van der Waals surface area contributed by atoms with Gasteiger partial charge in [0.2, 0.25) is 12.1 Å². The number of carbonyl (C=O) groups excluding carboxylic acids is 1. The van der Waals surface area contributed by atoms with Gasteiger partial charge < -0.3 is 10.8 Å². The lowest BCUT2D eigenvalue weighted by molar-refractivity contribution is -0.126. The van der Waals surface area contributed by atoms with Crippen molar-refractivity contribution in [2.45, 2.75) is 18.9 Å². The van der Waals surface area contributed by atoms with Gasteiger partial charge in [0.1, 0.15) is 6.10 Å². The molecule has 0 aliphatic carbocycles. The molecule has 0 aliphatic heterocycles. The zero-order valence-electron chi connectivity index (χ0n) is 6.88. The van der Waals surface area contributed by atoms with Crippen LogP contribution in [-0.2, 0) is 4.79 Å². The molecule has 1 atom stereocenters. The van der Waals surface area contributed by atoms with E-state index in [1.54, 1.807) is 0 Å². The summed E-state index contributed by atoms with van der Waals surface area (Å²) in [5, 5.41) is 20.1. The maximum absolute atomic E-state index is 10.3. The molecular formula is C6H10N4O3. The van der Waals surface area contributed by atoms with E-state index in [2.05, 4.69) is 5.29 Å². The Morgan fingerprint density at radius 1 is 1.77 bits per heavy atom. The molecule has 7 nitrogen and oxygen atoms in total. The zero-order valence-corrected chi connectivity index (χ0v) is 6.88. The smallest absolute Gasteiger partial charge is 0.246 e. The van der Waals surface area contributed by atoms with Crippen molar-refractivity contribution >= 4 is 5.91 Å². The lowest BCUT2D eigenvalue weighted by Crippen LogP contribution is -2.28. The molecular weight excluding hydrogens is 176 g/mol. The van der Waals surface area contributed by atoms with Crippen molar-refractivity contribution in [1.82, 2.24) is 5.01 Å². The van der Waals surface area contributed by atoms with E-state index >= 15 is 0 Å². The maximum Gasteiger partial charge on any atom is 0.246 e. The number of hydrogen-bond acceptors (Lipinski definition) is 5. The van der Waals surface area contributed by atoms with E-state index in [1.165, 1.54) is 6.19 Å². The minimum Gasteiger partial charge on any atom is -0.383 e. The van der Waals surface area contributed by atoms with Crippen LogP contribution in [0, 0.1) is 16.4 Å². The number of nitrogens with zero attached hydrogens (tertiary/aromatic N) is 3. The van der Waals surface area contributed by atoms with E-state index in [-0.39, 0.29) is 13.0 Å². The van der Waals surface area contributed by atoms with E-state index in [9.17, 15) is 9.70 Å². The minimum absolute atomic E-state index is 0.0737. The van der Waals surface area contributed by atoms with E-state index in [0.717, 1.165) is 0 Å². The lowest BCUT2D eigenvalue weighted by Gasteiger charge is -2.07. The number of rotatable bonds is 6. The van der Waals surface area contributed by atoms with Gasteiger partial charge in [-0.1, -0.05) is 0 Å². The number of aliphatic hydroxyl groups is 1. The highest BCUT2D eigenvalue weighted by atomic mass is 16.3. The number of nitriles is 1. The van der Waals surface area contributed by atoms with Crippen LogP contribution in [0.5, 0.6) is 0 Å². The Kier molecular flexibility index (Phi) is 5.14. The van der Waals surface area contributed by atoms with E-state index in [0.29, 0.717) is 11.4 Å². The van der Waals surface area contributed by atoms with Crippen molar-refractivity contribution in [2.75, 3.05) is 6.54 Å². The summed E-state index contributed by atoms with van der Waals surface area (Å²) in [6, 6.07) is 0. The molecule has 0 saturated carbocycles. The first-order chi connectivity index (χ1) is 6.11. The highest BCUT2D eigenvalue weighted by molar-refractivity contribution is 5.78. The van der Waals surface area contributed by atoms with Crippen LogP contribution in [0.2, 0.25) is 0 Å². The standard InChI is InChI=1S/C6H10N4O3/c7-4-10(9-13)3-1-2-5(11)6(8)12/h5,11H,1-3H2,(H2,8,12). The van der Waals surface area contributed by atoms with Gasteiger partial charge in [-0.2, -0.15) is 10.3 Å². The fraction of sp³-hybridized carbons (Fsp3) is 0.667. The molecule has 0 aromatic rings. The van der Waals surface area contributed by atoms with E-state index in [4.69, 9.17) is 16.1 Å². The van der Waals surface area contributed by atoms with Gasteiger partial charge in [0.15, 0.2) is 0 Å². The van der Waals surface area contributed by atoms with E-state index < -0.39 is 12.0 Å². The van der Waals surface area contributed by atoms with Gasteiger partial charge in [-0.05, 0) is 12.8 Å². The number of amides is 1. The van der Waals surface area contributed by atoms with Crippen LogP contribution >= 0.6 is 0 Å². The minimum atomic E-state index is -1.23. The normalized spacial score (nSPS) is 11.4. The van der Waals surface area contributed by atoms with Crippen LogP contribution in [0.25, 0.3) is 0 Å². The van der Waals surface area contributed by atoms with Gasteiger partial charge in [0.05, 0.1) is 11.8 Å². The van der Waals surface area contributed by atoms with Crippen LogP contribution in [0.15, 0.2) is 5.29 Å². The van der Waals surface area contributed by atoms with Crippen molar-refractivity contribution in [3.63, 3.8) is 0 Å². The van der Waals surface area contributed by atoms with Crippen LogP contribution in [0.1, 0.15) is 12.8 Å². The Hall–Kier alpha value is -1.68. The summed E-state index contributed by atoms with van der Waals surface area (Å²) in [6.45, 7) is 0.0737. The molecule has 0 aromatic heterocycles. The molecule has 0 radical (unpaired) electrons. The Morgan fingerprint density at radius 2 is 2.38 bits per heavy atom. The third kappa shape index (κ3) is 4.71. The molecule has 0 fully saturated rings. The maximum atomic E-state index is 10.3. The number of nitroso groups, excluding NO2 is 1. The molecule has 7 heteroatoms. The van der Waals surface area contributed by atoms with E-state index in [1.807, 2.05) is 0 Å². The summed E-state index contributed by atoms with van der Waals surface area (Å²) in [5.74, 6) is -0.817. The van der Waals surface area contributed by atoms with Gasteiger partial charge in [-0.25, -0.2) is 0 Å². The van der Waals surface area contributed by atoms with Crippen LogP contribution in [-0.4, -0.2) is 28.7 Å². The molecule has 72 valence electrons. The second-order valence-electron chi connectivity index (χ2n) is 2.37. The molecule has 0 aliphatic rings. The largest absolute Gasteiger partial charge is 0.383 e. The fourth-order valence-corrected chi connectivity index (χ4v) is 0.686. The van der Waals surface area contributed by atoms with Gasteiger partial charge in [-0.3, -0.25) is 4.79 Å². The Bertz CT molecular complexity index is 224. The SMILES string of the molecule is N#CN(CCCC(O)C(N)=O)N=O. The van der Waals surface area contributed by atoms with Crippen molar-refractivity contribution in [3.05, 3.63) is 4.91 Å². The molecule has 0 spiro atoms. The molecule has 0 rings (SSSR count). The first kappa shape index (κ1) is 11.3. The number of nitrogens with two attached hydrogens (primary N) is 1. The summed E-state index contributed by atoms with van der Waals surface area (Å²) in [5.41, 5.74) is 4.77. The number of carbonyl (C=O) groups is 1.